The van der Waals surface area contributed by atoms with E-state index >= 15 is 0 Å². The summed E-state index contributed by atoms with van der Waals surface area (Å²) in [5, 5.41) is 2.17. The van der Waals surface area contributed by atoms with Gasteiger partial charge in [-0.1, -0.05) is 23.7 Å². The van der Waals surface area contributed by atoms with Crippen LogP contribution in [0.5, 0.6) is 11.5 Å². The lowest BCUT2D eigenvalue weighted by molar-refractivity contribution is -0.126. The average molecular weight is 465 g/mol. The summed E-state index contributed by atoms with van der Waals surface area (Å²) >= 11 is 5.98. The molecule has 2 heterocycles. The Morgan fingerprint density at radius 2 is 1.30 bits per heavy atom. The highest BCUT2D eigenvalue weighted by molar-refractivity contribution is 6.31. The summed E-state index contributed by atoms with van der Waals surface area (Å²) in [5.41, 5.74) is 2.01. The second-order valence-electron chi connectivity index (χ2n) is 7.78. The Bertz CT molecular complexity index is 1180. The molecule has 0 bridgehead atoms. The SMILES string of the molecule is COc1ccc([C@H]2[C@H]3C(=O)N(c4ccc(Cl)cc4)C(=O)[C@H]3ON2c2ccc(OC)cc2)cc1. The van der Waals surface area contributed by atoms with Crippen molar-refractivity contribution in [3.63, 3.8) is 0 Å². The number of fused-ring (bicyclic) bond motifs is 1. The van der Waals surface area contributed by atoms with Gasteiger partial charge in [-0.2, -0.15) is 0 Å². The van der Waals surface area contributed by atoms with Gasteiger partial charge >= 0.3 is 0 Å². The van der Waals surface area contributed by atoms with Crippen LogP contribution in [0.25, 0.3) is 0 Å². The molecule has 0 radical (unpaired) electrons. The van der Waals surface area contributed by atoms with E-state index in [4.69, 9.17) is 25.9 Å². The third-order valence-corrected chi connectivity index (χ3v) is 6.24. The standard InChI is InChI=1S/C25H21ClN2O5/c1-31-19-11-3-15(4-12-19)22-21-23(33-28(22)18-9-13-20(32-2)14-10-18)25(30)27(24(21)29)17-7-5-16(26)6-8-17/h3-14,21-23H,1-2H3/t21-,22+,23+/m1/s1. The highest BCUT2D eigenvalue weighted by Gasteiger charge is 2.60. The summed E-state index contributed by atoms with van der Waals surface area (Å²) in [6.07, 6.45) is -0.942. The second kappa shape index (κ2) is 8.42. The molecule has 0 unspecified atom stereocenters. The fraction of sp³-hybridized carbons (Fsp3) is 0.200. The maximum Gasteiger partial charge on any atom is 0.266 e. The molecule has 5 rings (SSSR count). The van der Waals surface area contributed by atoms with E-state index in [2.05, 4.69) is 0 Å². The monoisotopic (exact) mass is 464 g/mol. The van der Waals surface area contributed by atoms with Crippen molar-refractivity contribution >= 4 is 34.8 Å². The van der Waals surface area contributed by atoms with Crippen LogP contribution in [0.4, 0.5) is 11.4 Å². The molecule has 3 aromatic rings. The Hall–Kier alpha value is -3.55. The maximum atomic E-state index is 13.6. The zero-order valence-corrected chi connectivity index (χ0v) is 18.7. The number of hydroxylamine groups is 1. The lowest BCUT2D eigenvalue weighted by atomic mass is 9.90. The quantitative estimate of drug-likeness (QED) is 0.521. The fourth-order valence-corrected chi connectivity index (χ4v) is 4.48. The minimum absolute atomic E-state index is 0.316. The molecule has 0 aliphatic carbocycles. The van der Waals surface area contributed by atoms with Gasteiger partial charge in [0.25, 0.3) is 5.91 Å². The summed E-state index contributed by atoms with van der Waals surface area (Å²) < 4.78 is 10.5. The molecule has 2 saturated heterocycles. The number of methoxy groups -OCH3 is 2. The molecular weight excluding hydrogens is 444 g/mol. The number of halogens is 1. The van der Waals surface area contributed by atoms with Crippen molar-refractivity contribution in [3.8, 4) is 11.5 Å². The van der Waals surface area contributed by atoms with Gasteiger partial charge in [-0.15, -0.1) is 0 Å². The lowest BCUT2D eigenvalue weighted by Gasteiger charge is -2.29. The minimum atomic E-state index is -0.942. The van der Waals surface area contributed by atoms with Crippen molar-refractivity contribution in [2.24, 2.45) is 5.92 Å². The largest absolute Gasteiger partial charge is 0.497 e. The topological polar surface area (TPSA) is 68.3 Å². The van der Waals surface area contributed by atoms with Gasteiger partial charge in [0.05, 0.1) is 31.6 Å². The van der Waals surface area contributed by atoms with Gasteiger partial charge in [-0.3, -0.25) is 14.4 Å². The van der Waals surface area contributed by atoms with E-state index in [0.717, 1.165) is 5.56 Å². The molecule has 168 valence electrons. The molecule has 0 aromatic heterocycles. The minimum Gasteiger partial charge on any atom is -0.497 e. The maximum absolute atomic E-state index is 13.6. The molecule has 33 heavy (non-hydrogen) atoms. The number of anilines is 2. The Labute approximate surface area is 196 Å². The van der Waals surface area contributed by atoms with Gasteiger partial charge in [-0.25, -0.2) is 9.96 Å². The van der Waals surface area contributed by atoms with Crippen LogP contribution in [0.15, 0.2) is 72.8 Å². The molecule has 0 saturated carbocycles. The summed E-state index contributed by atoms with van der Waals surface area (Å²) in [6.45, 7) is 0. The van der Waals surface area contributed by atoms with Gasteiger partial charge < -0.3 is 9.47 Å². The normalized spacial score (nSPS) is 22.0. The molecule has 7 nitrogen and oxygen atoms in total. The summed E-state index contributed by atoms with van der Waals surface area (Å²) in [7, 11) is 3.19. The molecule has 3 aromatic carbocycles. The first-order valence-corrected chi connectivity index (χ1v) is 10.8. The first-order valence-electron chi connectivity index (χ1n) is 10.4. The predicted molar refractivity (Wildman–Crippen MR) is 124 cm³/mol. The van der Waals surface area contributed by atoms with E-state index in [1.165, 1.54) is 4.90 Å². The Morgan fingerprint density at radius 3 is 1.88 bits per heavy atom. The third-order valence-electron chi connectivity index (χ3n) is 5.98. The number of rotatable bonds is 5. The molecule has 2 aliphatic heterocycles. The number of carbonyl (C=O) groups excluding carboxylic acids is 2. The van der Waals surface area contributed by atoms with E-state index in [-0.39, 0.29) is 5.91 Å². The van der Waals surface area contributed by atoms with E-state index in [9.17, 15) is 9.59 Å². The van der Waals surface area contributed by atoms with E-state index in [0.29, 0.717) is 27.9 Å². The zero-order chi connectivity index (χ0) is 23.1. The molecule has 8 heteroatoms. The van der Waals surface area contributed by atoms with E-state index in [1.54, 1.807) is 43.5 Å². The lowest BCUT2D eigenvalue weighted by Crippen LogP contribution is -2.37. The van der Waals surface area contributed by atoms with Crippen LogP contribution in [-0.2, 0) is 14.4 Å². The summed E-state index contributed by atoms with van der Waals surface area (Å²) in [4.78, 5) is 34.2. The average Bonchev–Trinajstić information content (AvgIpc) is 3.36. The van der Waals surface area contributed by atoms with Crippen LogP contribution >= 0.6 is 11.6 Å². The highest BCUT2D eigenvalue weighted by atomic mass is 35.5. The van der Waals surface area contributed by atoms with Crippen molar-refractivity contribution in [3.05, 3.63) is 83.4 Å². The number of amides is 2. The number of imide groups is 1. The van der Waals surface area contributed by atoms with Crippen molar-refractivity contribution in [2.75, 3.05) is 24.2 Å². The molecule has 0 N–H and O–H groups in total. The van der Waals surface area contributed by atoms with Gasteiger partial charge in [0.2, 0.25) is 5.91 Å². The fourth-order valence-electron chi connectivity index (χ4n) is 4.35. The van der Waals surface area contributed by atoms with Crippen molar-refractivity contribution in [1.29, 1.82) is 0 Å². The highest BCUT2D eigenvalue weighted by Crippen LogP contribution is 2.48. The number of carbonyl (C=O) groups is 2. The van der Waals surface area contributed by atoms with Crippen LogP contribution in [0.2, 0.25) is 5.02 Å². The van der Waals surface area contributed by atoms with Gasteiger partial charge in [0.1, 0.15) is 17.4 Å². The number of ether oxygens (including phenoxy) is 2. The molecule has 2 fully saturated rings. The number of hydrogen-bond acceptors (Lipinski definition) is 6. The van der Waals surface area contributed by atoms with E-state index < -0.39 is 24.0 Å². The van der Waals surface area contributed by atoms with Crippen LogP contribution in [0, 0.1) is 5.92 Å². The molecule has 2 amide bonds. The Morgan fingerprint density at radius 1 is 0.758 bits per heavy atom. The van der Waals surface area contributed by atoms with Gasteiger partial charge in [0.15, 0.2) is 6.10 Å². The van der Waals surface area contributed by atoms with Crippen LogP contribution in [0.3, 0.4) is 0 Å². The Kier molecular flexibility index (Phi) is 5.44. The predicted octanol–water partition coefficient (Wildman–Crippen LogP) is 4.41. The van der Waals surface area contributed by atoms with Crippen molar-refractivity contribution in [1.82, 2.24) is 0 Å². The third kappa shape index (κ3) is 3.59. The van der Waals surface area contributed by atoms with Crippen LogP contribution in [-0.4, -0.2) is 32.1 Å². The number of benzene rings is 3. The summed E-state index contributed by atoms with van der Waals surface area (Å²) in [6, 6.07) is 20.8. The van der Waals surface area contributed by atoms with Crippen LogP contribution in [0.1, 0.15) is 11.6 Å². The number of hydrogen-bond donors (Lipinski definition) is 0. The molecule has 3 atom stereocenters. The first-order chi connectivity index (χ1) is 16.0. The Balaban J connectivity index is 1.56. The molecule has 0 spiro atoms. The number of nitrogens with zero attached hydrogens (tertiary/aromatic N) is 2. The van der Waals surface area contributed by atoms with Crippen molar-refractivity contribution in [2.45, 2.75) is 12.1 Å². The van der Waals surface area contributed by atoms with Crippen molar-refractivity contribution < 1.29 is 23.9 Å². The molecular formula is C25H21ClN2O5. The van der Waals surface area contributed by atoms with E-state index in [1.807, 2.05) is 48.5 Å². The first kappa shape index (κ1) is 21.3. The van der Waals surface area contributed by atoms with Gasteiger partial charge in [0, 0.05) is 5.02 Å². The zero-order valence-electron chi connectivity index (χ0n) is 18.0. The molecule has 2 aliphatic rings. The second-order valence-corrected chi connectivity index (χ2v) is 8.22. The van der Waals surface area contributed by atoms with Gasteiger partial charge in [-0.05, 0) is 66.2 Å². The smallest absolute Gasteiger partial charge is 0.266 e. The van der Waals surface area contributed by atoms with Crippen LogP contribution < -0.4 is 19.4 Å². The summed E-state index contributed by atoms with van der Waals surface area (Å²) in [5.74, 6) is -0.0447.